The molecule has 0 radical (unpaired) electrons. The quantitative estimate of drug-likeness (QED) is 0.810. The maximum atomic E-state index is 9.83. The molecule has 2 aromatic rings. The number of aromatic nitrogens is 2. The van der Waals surface area contributed by atoms with Crippen LogP contribution in [0.1, 0.15) is 32.7 Å². The van der Waals surface area contributed by atoms with Gasteiger partial charge in [-0.3, -0.25) is 0 Å². The van der Waals surface area contributed by atoms with Crippen molar-refractivity contribution in [1.29, 1.82) is 0 Å². The third-order valence-corrected chi connectivity index (χ3v) is 2.94. The van der Waals surface area contributed by atoms with E-state index in [9.17, 15) is 5.11 Å². The van der Waals surface area contributed by atoms with Crippen LogP contribution in [-0.2, 0) is 11.3 Å². The van der Waals surface area contributed by atoms with Crippen LogP contribution in [0.2, 0.25) is 0 Å². The van der Waals surface area contributed by atoms with Gasteiger partial charge in [0.05, 0.1) is 23.7 Å². The van der Waals surface area contributed by atoms with E-state index in [2.05, 4.69) is 4.98 Å². The predicted octanol–water partition coefficient (Wildman–Crippen LogP) is 2.10. The van der Waals surface area contributed by atoms with Crippen molar-refractivity contribution >= 4 is 16.7 Å². The SMILES string of the molecule is CC(C)OCCn1c(C(C)O)nc2cc(N)ccc21. The van der Waals surface area contributed by atoms with E-state index in [-0.39, 0.29) is 6.10 Å². The number of rotatable bonds is 5. The summed E-state index contributed by atoms with van der Waals surface area (Å²) in [6, 6.07) is 5.59. The first-order valence-electron chi connectivity index (χ1n) is 6.54. The number of imidazole rings is 1. The second-order valence-electron chi connectivity index (χ2n) is 4.97. The van der Waals surface area contributed by atoms with Crippen LogP contribution >= 0.6 is 0 Å². The Morgan fingerprint density at radius 3 is 2.74 bits per heavy atom. The average molecular weight is 263 g/mol. The van der Waals surface area contributed by atoms with Crippen LogP contribution in [0, 0.1) is 0 Å². The van der Waals surface area contributed by atoms with E-state index in [0.29, 0.717) is 24.7 Å². The highest BCUT2D eigenvalue weighted by atomic mass is 16.5. The van der Waals surface area contributed by atoms with Crippen molar-refractivity contribution < 1.29 is 9.84 Å². The van der Waals surface area contributed by atoms with Crippen molar-refractivity contribution in [3.05, 3.63) is 24.0 Å². The summed E-state index contributed by atoms with van der Waals surface area (Å²) in [5, 5.41) is 9.83. The Balaban J connectivity index is 2.35. The largest absolute Gasteiger partial charge is 0.399 e. The van der Waals surface area contributed by atoms with E-state index in [0.717, 1.165) is 11.0 Å². The fraction of sp³-hybridized carbons (Fsp3) is 0.500. The number of nitrogens with zero attached hydrogens (tertiary/aromatic N) is 2. The van der Waals surface area contributed by atoms with Gasteiger partial charge in [0, 0.05) is 12.2 Å². The standard InChI is InChI=1S/C14H21N3O2/c1-9(2)19-7-6-17-13-5-4-11(15)8-12(13)16-14(17)10(3)18/h4-5,8-10,18H,6-7,15H2,1-3H3. The van der Waals surface area contributed by atoms with Crippen LogP contribution < -0.4 is 5.73 Å². The molecule has 5 heteroatoms. The number of aliphatic hydroxyl groups is 1. The van der Waals surface area contributed by atoms with E-state index < -0.39 is 6.10 Å². The number of aliphatic hydroxyl groups excluding tert-OH is 1. The number of ether oxygens (including phenoxy) is 1. The van der Waals surface area contributed by atoms with E-state index in [1.54, 1.807) is 6.92 Å². The second kappa shape index (κ2) is 5.59. The molecule has 1 unspecified atom stereocenters. The summed E-state index contributed by atoms with van der Waals surface area (Å²) < 4.78 is 7.56. The third-order valence-electron chi connectivity index (χ3n) is 2.94. The van der Waals surface area contributed by atoms with Gasteiger partial charge in [0.25, 0.3) is 0 Å². The van der Waals surface area contributed by atoms with Crippen LogP contribution in [0.25, 0.3) is 11.0 Å². The Labute approximate surface area is 113 Å². The molecule has 1 aromatic carbocycles. The Hall–Kier alpha value is -1.59. The van der Waals surface area contributed by atoms with Crippen LogP contribution in [0.3, 0.4) is 0 Å². The minimum absolute atomic E-state index is 0.195. The molecule has 0 fully saturated rings. The molecule has 1 aromatic heterocycles. The van der Waals surface area contributed by atoms with E-state index in [1.807, 2.05) is 36.6 Å². The van der Waals surface area contributed by atoms with Gasteiger partial charge in [0.15, 0.2) is 0 Å². The molecule has 0 spiro atoms. The first-order valence-corrected chi connectivity index (χ1v) is 6.54. The summed E-state index contributed by atoms with van der Waals surface area (Å²) in [4.78, 5) is 4.45. The van der Waals surface area contributed by atoms with Gasteiger partial charge in [0.1, 0.15) is 11.9 Å². The summed E-state index contributed by atoms with van der Waals surface area (Å²) in [7, 11) is 0. The maximum Gasteiger partial charge on any atom is 0.138 e. The molecular formula is C14H21N3O2. The van der Waals surface area contributed by atoms with Crippen LogP contribution in [0.4, 0.5) is 5.69 Å². The molecule has 3 N–H and O–H groups in total. The Morgan fingerprint density at radius 2 is 2.11 bits per heavy atom. The summed E-state index contributed by atoms with van der Waals surface area (Å²) in [6.45, 7) is 6.97. The second-order valence-corrected chi connectivity index (χ2v) is 4.97. The zero-order valence-electron chi connectivity index (χ0n) is 11.6. The summed E-state index contributed by atoms with van der Waals surface area (Å²) >= 11 is 0. The molecule has 19 heavy (non-hydrogen) atoms. The molecular weight excluding hydrogens is 242 g/mol. The molecule has 1 atom stereocenters. The van der Waals surface area contributed by atoms with Gasteiger partial charge in [-0.2, -0.15) is 0 Å². The normalized spacial score (nSPS) is 13.3. The minimum atomic E-state index is -0.618. The van der Waals surface area contributed by atoms with Gasteiger partial charge in [-0.15, -0.1) is 0 Å². The monoisotopic (exact) mass is 263 g/mol. The van der Waals surface area contributed by atoms with Crippen LogP contribution in [0.15, 0.2) is 18.2 Å². The van der Waals surface area contributed by atoms with Gasteiger partial charge in [-0.25, -0.2) is 4.98 Å². The Bertz CT molecular complexity index is 561. The third kappa shape index (κ3) is 3.05. The fourth-order valence-corrected chi connectivity index (χ4v) is 2.10. The van der Waals surface area contributed by atoms with Gasteiger partial charge in [0.2, 0.25) is 0 Å². The number of fused-ring (bicyclic) bond motifs is 1. The lowest BCUT2D eigenvalue weighted by molar-refractivity contribution is 0.0714. The highest BCUT2D eigenvalue weighted by Crippen LogP contribution is 2.22. The lowest BCUT2D eigenvalue weighted by atomic mass is 10.3. The van der Waals surface area contributed by atoms with Gasteiger partial charge in [-0.05, 0) is 39.0 Å². The lowest BCUT2D eigenvalue weighted by Crippen LogP contribution is -2.13. The molecule has 0 bridgehead atoms. The Morgan fingerprint density at radius 1 is 1.37 bits per heavy atom. The number of hydrogen-bond acceptors (Lipinski definition) is 4. The van der Waals surface area contributed by atoms with Gasteiger partial charge in [-0.1, -0.05) is 0 Å². The zero-order chi connectivity index (χ0) is 14.0. The maximum absolute atomic E-state index is 9.83. The summed E-state index contributed by atoms with van der Waals surface area (Å²) in [6.07, 6.45) is -0.423. The Kier molecular flexibility index (Phi) is 4.07. The highest BCUT2D eigenvalue weighted by Gasteiger charge is 2.14. The van der Waals surface area contributed by atoms with Crippen LogP contribution in [0.5, 0.6) is 0 Å². The molecule has 2 rings (SSSR count). The van der Waals surface area contributed by atoms with E-state index in [4.69, 9.17) is 10.5 Å². The van der Waals surface area contributed by atoms with Gasteiger partial charge >= 0.3 is 0 Å². The number of hydrogen-bond donors (Lipinski definition) is 2. The van der Waals surface area contributed by atoms with Crippen molar-refractivity contribution in [2.24, 2.45) is 0 Å². The molecule has 104 valence electrons. The van der Waals surface area contributed by atoms with Crippen LogP contribution in [-0.4, -0.2) is 27.4 Å². The van der Waals surface area contributed by atoms with Crippen molar-refractivity contribution in [2.45, 2.75) is 39.5 Å². The highest BCUT2D eigenvalue weighted by molar-refractivity contribution is 5.79. The molecule has 1 heterocycles. The molecule has 0 saturated heterocycles. The molecule has 0 aliphatic carbocycles. The van der Waals surface area contributed by atoms with E-state index >= 15 is 0 Å². The van der Waals surface area contributed by atoms with Crippen molar-refractivity contribution in [2.75, 3.05) is 12.3 Å². The topological polar surface area (TPSA) is 73.3 Å². The predicted molar refractivity (Wildman–Crippen MR) is 75.9 cm³/mol. The summed E-state index contributed by atoms with van der Waals surface area (Å²) in [5.41, 5.74) is 8.21. The minimum Gasteiger partial charge on any atom is -0.399 e. The lowest BCUT2D eigenvalue weighted by Gasteiger charge is -2.12. The van der Waals surface area contributed by atoms with Crippen molar-refractivity contribution in [1.82, 2.24) is 9.55 Å². The molecule has 0 amide bonds. The molecule has 5 nitrogen and oxygen atoms in total. The first-order chi connectivity index (χ1) is 8.99. The molecule has 0 saturated carbocycles. The zero-order valence-corrected chi connectivity index (χ0v) is 11.6. The number of nitrogens with two attached hydrogens (primary N) is 1. The smallest absolute Gasteiger partial charge is 0.138 e. The number of nitrogen functional groups attached to an aromatic ring is 1. The van der Waals surface area contributed by atoms with Crippen molar-refractivity contribution in [3.8, 4) is 0 Å². The molecule has 0 aliphatic heterocycles. The molecule has 0 aliphatic rings. The number of benzene rings is 1. The summed E-state index contributed by atoms with van der Waals surface area (Å²) in [5.74, 6) is 0.646. The van der Waals surface area contributed by atoms with Gasteiger partial charge < -0.3 is 20.1 Å². The first kappa shape index (κ1) is 13.8. The fourth-order valence-electron chi connectivity index (χ4n) is 2.10. The van der Waals surface area contributed by atoms with E-state index in [1.165, 1.54) is 0 Å². The number of anilines is 1. The van der Waals surface area contributed by atoms with Crippen molar-refractivity contribution in [3.63, 3.8) is 0 Å². The average Bonchev–Trinajstić information content (AvgIpc) is 2.67.